The number of hydrogen-bond donors (Lipinski definition) is 0. The molecular weight excluding hydrogens is 1340 g/mol. The molecule has 0 saturated heterocycles. The van der Waals surface area contributed by atoms with Crippen LogP contribution in [-0.2, 0) is 21.7 Å². The van der Waals surface area contributed by atoms with Crippen molar-refractivity contribution in [1.29, 1.82) is 0 Å². The zero-order valence-electron chi connectivity index (χ0n) is 71.1. The molecule has 564 valence electrons. The third-order valence-electron chi connectivity index (χ3n) is 30.7. The zero-order valence-corrected chi connectivity index (χ0v) is 71.1. The first-order chi connectivity index (χ1) is 52.3. The van der Waals surface area contributed by atoms with Gasteiger partial charge in [0.15, 0.2) is 0 Å². The van der Waals surface area contributed by atoms with Gasteiger partial charge < -0.3 is 13.7 Å². The van der Waals surface area contributed by atoms with Crippen molar-refractivity contribution in [3.8, 4) is 22.3 Å². The predicted molar refractivity (Wildman–Crippen MR) is 478 cm³/mol. The highest BCUT2D eigenvalue weighted by Crippen LogP contribution is 2.76. The van der Waals surface area contributed by atoms with E-state index in [-0.39, 0.29) is 74.8 Å². The Balaban J connectivity index is 1.04. The molecule has 0 amide bonds. The number of fused-ring (bicyclic) bond motifs is 12. The number of allylic oxidation sites excluding steroid dienone is 17. The Hall–Kier alpha value is -8.60. The Morgan fingerprint density at radius 2 is 1.16 bits per heavy atom. The van der Waals surface area contributed by atoms with Crippen molar-refractivity contribution in [3.63, 3.8) is 0 Å². The van der Waals surface area contributed by atoms with Crippen LogP contribution in [0.1, 0.15) is 267 Å². The maximum atomic E-state index is 3.15. The largest absolute Gasteiger partial charge is 0.334 e. The van der Waals surface area contributed by atoms with E-state index in [0.717, 1.165) is 44.9 Å². The first kappa shape index (κ1) is 71.4. The lowest BCUT2D eigenvalue weighted by Crippen LogP contribution is -2.61. The van der Waals surface area contributed by atoms with Gasteiger partial charge in [-0.3, -0.25) is 0 Å². The van der Waals surface area contributed by atoms with Crippen LogP contribution in [0.2, 0.25) is 0 Å². The van der Waals surface area contributed by atoms with Crippen LogP contribution in [0.3, 0.4) is 0 Å². The molecule has 9 heterocycles. The Morgan fingerprint density at radius 3 is 1.81 bits per heavy atom. The van der Waals surface area contributed by atoms with Crippen LogP contribution in [0, 0.1) is 44.8 Å². The minimum Gasteiger partial charge on any atom is -0.334 e. The number of rotatable bonds is 4. The fourth-order valence-corrected chi connectivity index (χ4v) is 24.1. The zero-order chi connectivity index (χ0) is 77.8. The lowest BCUT2D eigenvalue weighted by Gasteiger charge is -2.63. The van der Waals surface area contributed by atoms with E-state index in [0.29, 0.717) is 0 Å². The van der Waals surface area contributed by atoms with E-state index in [9.17, 15) is 0 Å². The van der Waals surface area contributed by atoms with Crippen molar-refractivity contribution in [2.24, 2.45) is 44.8 Å². The Kier molecular flexibility index (Phi) is 14.9. The average Bonchev–Trinajstić information content (AvgIpc) is 1.53. The summed E-state index contributed by atoms with van der Waals surface area (Å²) in [4.78, 5) is 0. The summed E-state index contributed by atoms with van der Waals surface area (Å²) in [7, 11) is 0. The van der Waals surface area contributed by atoms with Crippen molar-refractivity contribution in [1.82, 2.24) is 13.7 Å². The molecule has 21 rings (SSSR count). The molecule has 8 atom stereocenters. The van der Waals surface area contributed by atoms with E-state index in [4.69, 9.17) is 0 Å². The topological polar surface area (TPSA) is 14.8 Å². The number of benzene rings is 7. The van der Waals surface area contributed by atoms with E-state index >= 15 is 0 Å². The highest BCUT2D eigenvalue weighted by molar-refractivity contribution is 6.95. The highest BCUT2D eigenvalue weighted by Gasteiger charge is 2.68. The molecule has 10 aromatic rings. The summed E-state index contributed by atoms with van der Waals surface area (Å²) in [5.41, 5.74) is 38.8. The first-order valence-corrected chi connectivity index (χ1v) is 42.8. The van der Waals surface area contributed by atoms with Gasteiger partial charge in [0.05, 0.1) is 17.1 Å². The molecule has 0 fully saturated rings. The average molecular weight is 1460 g/mol. The smallest absolute Gasteiger partial charge is 0.247 e. The maximum Gasteiger partial charge on any atom is 0.247 e. The molecule has 0 saturated carbocycles. The molecule has 11 aliphatic rings. The van der Waals surface area contributed by atoms with Gasteiger partial charge in [-0.1, -0.05) is 304 Å². The lowest BCUT2D eigenvalue weighted by molar-refractivity contribution is 0.0372. The van der Waals surface area contributed by atoms with Gasteiger partial charge in [-0.05, 0) is 232 Å². The van der Waals surface area contributed by atoms with Crippen LogP contribution >= 0.6 is 0 Å². The summed E-state index contributed by atoms with van der Waals surface area (Å²) >= 11 is 0. The summed E-state index contributed by atoms with van der Waals surface area (Å²) in [6, 6.07) is 51.2. The molecule has 4 heteroatoms. The van der Waals surface area contributed by atoms with Gasteiger partial charge in [-0.25, -0.2) is 0 Å². The van der Waals surface area contributed by atoms with Gasteiger partial charge in [0.2, 0.25) is 6.71 Å². The van der Waals surface area contributed by atoms with Crippen molar-refractivity contribution >= 4 is 95.2 Å². The van der Waals surface area contributed by atoms with Crippen LogP contribution in [0.15, 0.2) is 203 Å². The molecule has 3 nitrogen and oxygen atoms in total. The van der Waals surface area contributed by atoms with Crippen LogP contribution in [0.4, 0.5) is 0 Å². The fourth-order valence-electron chi connectivity index (χ4n) is 24.1. The normalized spacial score (nSPS) is 25.1. The van der Waals surface area contributed by atoms with Crippen molar-refractivity contribution in [2.45, 2.75) is 244 Å². The van der Waals surface area contributed by atoms with Gasteiger partial charge in [0.25, 0.3) is 0 Å². The minimum atomic E-state index is -0.532. The number of nitrogens with zero attached hydrogens (tertiary/aromatic N) is 3. The predicted octanol–water partition coefficient (Wildman–Crippen LogP) is 27.9. The third kappa shape index (κ3) is 9.82. The summed E-state index contributed by atoms with van der Waals surface area (Å²) in [6.45, 7) is 57.8. The maximum absolute atomic E-state index is 3.15. The summed E-state index contributed by atoms with van der Waals surface area (Å²) in [5, 5.41) is 6.98. The van der Waals surface area contributed by atoms with E-state index in [1.165, 1.54) is 138 Å². The van der Waals surface area contributed by atoms with Crippen LogP contribution < -0.4 is 10.9 Å². The summed E-state index contributed by atoms with van der Waals surface area (Å²) < 4.78 is 9.30. The van der Waals surface area contributed by atoms with E-state index in [2.05, 4.69) is 349 Å². The first-order valence-electron chi connectivity index (χ1n) is 42.8. The fraction of sp³-hybridized carbons (Fsp3) is 0.421. The molecule has 0 spiro atoms. The minimum absolute atomic E-state index is 0.0332. The summed E-state index contributed by atoms with van der Waals surface area (Å²) in [6.07, 6.45) is 31.3. The Bertz CT molecular complexity index is 6140. The number of hydrogen-bond acceptors (Lipinski definition) is 0. The number of para-hydroxylation sites is 2. The molecule has 4 bridgehead atoms. The second kappa shape index (κ2) is 23.1. The molecule has 6 aliphatic heterocycles. The van der Waals surface area contributed by atoms with E-state index in [1.807, 2.05) is 0 Å². The molecule has 0 radical (unpaired) electrons. The molecule has 7 aromatic carbocycles. The second-order valence-corrected chi connectivity index (χ2v) is 43.4. The SMILES string of the molecule is CC/C=C\[C@]1(C)C2CC=C(C3=CC=C(C(C)(C)C)CC3)CC2c2cccc3c4cccc5c4n(c23)C2=C3C4=C6B(c7cc(C(C)(C)C)cc8c9c(n4c78)C(CC(C(C)(C)C)=C9)C31C)c1cc(C(C)(C)C)cc3c4cc(C(C)(C)C)ccc4n(c13)C6C2C(C)(C)C1C=CC(=CC1)c1cc(-c2ccc(C(C)(C)C)cc2)cc-5c1. The lowest BCUT2D eigenvalue weighted by atomic mass is 9.29. The molecular formula is C107H118BN3. The Morgan fingerprint density at radius 1 is 0.523 bits per heavy atom. The molecule has 3 aromatic heterocycles. The van der Waals surface area contributed by atoms with E-state index in [1.54, 1.807) is 44.7 Å². The van der Waals surface area contributed by atoms with Crippen molar-refractivity contribution < 1.29 is 0 Å². The monoisotopic (exact) mass is 1460 g/mol. The molecule has 5 aliphatic carbocycles. The molecule has 7 unspecified atom stereocenters. The van der Waals surface area contributed by atoms with Crippen LogP contribution in [-0.4, -0.2) is 20.4 Å². The van der Waals surface area contributed by atoms with Crippen molar-refractivity contribution in [3.05, 3.63) is 248 Å². The standard InChI is InChI=1S/C107H118BN3/c1-24-25-48-106(22)83-46-38-63(60-32-39-67(40-33-60)99(2,3)4)52-78(83)77-31-27-30-76-75-29-26-28-74-66-50-64(61-34-41-68(42-35-61)100(5,6)7)49-65(51-66)62-36-43-69(44-37-62)105(20,21)88-96(110(91(74)75)92(76)77)89-98-90-97(88)109-87-47-45-70(101(8,9)10)53-79(87)80-55-72(103(14,15)16)58-85(94(80)109)108(90)86-59-73(104(17,18)19)56-82-81-54-71(102(11,12)13)57-84(107(89,106)23)93(81)111(98)95(82)86/h25-32,34-39,41-43,45,47-51,53-56,58-59,69,78,83-84,88,97H,24,33,40,44,46,52,57H2,1-23H3/b48-25-/t69?,78?,83?,84?,88?,97?,106-,107?/m1/s1. The third-order valence-corrected chi connectivity index (χ3v) is 30.7. The Labute approximate surface area is 663 Å². The van der Waals surface area contributed by atoms with Gasteiger partial charge in [0.1, 0.15) is 0 Å². The van der Waals surface area contributed by atoms with Gasteiger partial charge in [-0.2, -0.15) is 0 Å². The van der Waals surface area contributed by atoms with E-state index < -0.39 is 16.2 Å². The highest BCUT2D eigenvalue weighted by atomic mass is 15.1. The summed E-state index contributed by atoms with van der Waals surface area (Å²) in [5.74, 6) is 0.566. The second-order valence-electron chi connectivity index (χ2n) is 43.4. The van der Waals surface area contributed by atoms with Crippen LogP contribution in [0.25, 0.3) is 99.8 Å². The van der Waals surface area contributed by atoms with Crippen LogP contribution in [0.5, 0.6) is 0 Å². The van der Waals surface area contributed by atoms with Gasteiger partial charge in [0, 0.05) is 94.5 Å². The quantitative estimate of drug-likeness (QED) is 0.123. The van der Waals surface area contributed by atoms with Crippen molar-refractivity contribution in [2.75, 3.05) is 0 Å². The number of aromatic nitrogens is 3. The van der Waals surface area contributed by atoms with Gasteiger partial charge >= 0.3 is 0 Å². The van der Waals surface area contributed by atoms with Gasteiger partial charge in [-0.15, -0.1) is 0 Å². The molecule has 111 heavy (non-hydrogen) atoms. The molecule has 0 N–H and O–H groups in total.